The van der Waals surface area contributed by atoms with Crippen molar-refractivity contribution in [3.63, 3.8) is 0 Å². The molecule has 4 bridgehead atoms. The van der Waals surface area contributed by atoms with E-state index in [-0.39, 0.29) is 76.8 Å². The van der Waals surface area contributed by atoms with Gasteiger partial charge in [0.15, 0.2) is 6.79 Å². The minimum absolute atomic E-state index is 0.00248. The maximum Gasteiger partial charge on any atom is 0.320 e. The first-order chi connectivity index (χ1) is 22.6. The third-order valence-corrected chi connectivity index (χ3v) is 19.9. The number of ether oxygens (including phenoxy) is 3. The van der Waals surface area contributed by atoms with Crippen LogP contribution in [0.4, 0.5) is 0 Å². The molecule has 0 N–H and O–H groups in total. The Labute approximate surface area is 296 Å². The zero-order chi connectivity index (χ0) is 32.4. The highest BCUT2D eigenvalue weighted by atomic mass is 79.9. The summed E-state index contributed by atoms with van der Waals surface area (Å²) >= 11 is 7.00. The molecule has 1 spiro atoms. The Hall–Kier alpha value is -0.000000000000000222. The predicted octanol–water partition coefficient (Wildman–Crippen LogP) is 4.84. The van der Waals surface area contributed by atoms with E-state index < -0.39 is 30.5 Å². The molecule has 47 heavy (non-hydrogen) atoms. The number of rotatable bonds is 8. The first-order valence-corrected chi connectivity index (χ1v) is 22.7. The van der Waals surface area contributed by atoms with Crippen molar-refractivity contribution in [2.75, 3.05) is 6.79 Å². The Balaban J connectivity index is 0.830. The van der Waals surface area contributed by atoms with Gasteiger partial charge in [-0.1, -0.05) is 51.1 Å². The number of hydrogen-bond acceptors (Lipinski definition) is 10. The third-order valence-electron chi connectivity index (χ3n) is 13.1. The summed E-state index contributed by atoms with van der Waals surface area (Å²) in [5.74, 6) is -0.0987. The lowest BCUT2D eigenvalue weighted by molar-refractivity contribution is -0.154. The number of halogens is 2. The summed E-state index contributed by atoms with van der Waals surface area (Å²) < 4.78 is 63.0. The van der Waals surface area contributed by atoms with Crippen molar-refractivity contribution in [1.29, 1.82) is 0 Å². The molecular weight excluding hydrogens is 780 g/mol. The topological polar surface area (TPSA) is 121 Å². The lowest BCUT2D eigenvalue weighted by atomic mass is 9.82. The van der Waals surface area contributed by atoms with Crippen molar-refractivity contribution in [2.45, 2.75) is 159 Å². The van der Waals surface area contributed by atoms with Crippen molar-refractivity contribution in [2.24, 2.45) is 17.8 Å². The molecule has 9 aliphatic rings. The molecule has 12 unspecified atom stereocenters. The number of nitrogens with zero attached hydrogens (tertiary/aromatic N) is 2. The van der Waals surface area contributed by atoms with Gasteiger partial charge in [-0.25, -0.2) is 16.8 Å². The highest BCUT2D eigenvalue weighted by Gasteiger charge is 2.73. The van der Waals surface area contributed by atoms with Gasteiger partial charge in [-0.15, -0.1) is 10.8 Å². The average Bonchev–Trinajstić information content (AvgIpc) is 3.84. The molecule has 15 heteroatoms. The van der Waals surface area contributed by atoms with Crippen molar-refractivity contribution >= 4 is 64.6 Å². The Kier molecular flexibility index (Phi) is 8.41. The third kappa shape index (κ3) is 4.96. The second-order valence-corrected chi connectivity index (χ2v) is 22.6. The van der Waals surface area contributed by atoms with Crippen LogP contribution in [0.5, 0.6) is 0 Å². The fourth-order valence-electron chi connectivity index (χ4n) is 11.2. The summed E-state index contributed by atoms with van der Waals surface area (Å²) in [4.78, 5) is 25.3. The lowest BCUT2D eigenvalue weighted by Crippen LogP contribution is -2.52. The number of fused-ring (bicyclic) bond motifs is 3. The Morgan fingerprint density at radius 3 is 2.21 bits per heavy atom. The van der Waals surface area contributed by atoms with Gasteiger partial charge in [0.25, 0.3) is 0 Å². The zero-order valence-electron chi connectivity index (χ0n) is 26.7. The first kappa shape index (κ1) is 32.9. The molecule has 0 aromatic heterocycles. The van der Waals surface area contributed by atoms with E-state index in [1.165, 1.54) is 19.3 Å². The van der Waals surface area contributed by atoms with Gasteiger partial charge in [-0.05, 0) is 82.5 Å². The maximum absolute atomic E-state index is 13.8. The van der Waals surface area contributed by atoms with E-state index in [1.54, 1.807) is 11.2 Å². The van der Waals surface area contributed by atoms with Crippen LogP contribution in [0.15, 0.2) is 0 Å². The number of esters is 2. The number of carbonyl (C=O) groups is 2. The smallest absolute Gasteiger partial charge is 0.320 e. The summed E-state index contributed by atoms with van der Waals surface area (Å²) in [5.41, 5.74) is 0. The average molecular weight is 827 g/mol. The van der Waals surface area contributed by atoms with E-state index in [9.17, 15) is 18.0 Å². The van der Waals surface area contributed by atoms with Crippen molar-refractivity contribution < 1.29 is 40.6 Å². The van der Waals surface area contributed by atoms with Crippen LogP contribution in [0.1, 0.15) is 90.4 Å². The first-order valence-electron chi connectivity index (χ1n) is 17.8. The Bertz CT molecular complexity index is 1390. The van der Waals surface area contributed by atoms with Gasteiger partial charge in [-0.3, -0.25) is 9.59 Å². The van der Waals surface area contributed by atoms with Gasteiger partial charge in [0.1, 0.15) is 28.0 Å². The van der Waals surface area contributed by atoms with E-state index in [4.69, 9.17) is 22.6 Å². The van der Waals surface area contributed by atoms with Crippen LogP contribution in [0.2, 0.25) is 0 Å². The van der Waals surface area contributed by atoms with Gasteiger partial charge < -0.3 is 14.2 Å². The van der Waals surface area contributed by atoms with E-state index in [2.05, 4.69) is 36.2 Å². The summed E-state index contributed by atoms with van der Waals surface area (Å²) in [7, 11) is -5.25. The highest BCUT2D eigenvalue weighted by molar-refractivity contribution is 9.10. The van der Waals surface area contributed by atoms with Crippen LogP contribution < -0.4 is 0 Å². The van der Waals surface area contributed by atoms with Crippen molar-refractivity contribution in [3.05, 3.63) is 0 Å². The highest BCUT2D eigenvalue weighted by Crippen LogP contribution is 2.76. The van der Waals surface area contributed by atoms with Crippen LogP contribution >= 0.6 is 42.6 Å². The minimum Gasteiger partial charge on any atom is -0.460 e. The second-order valence-electron chi connectivity index (χ2n) is 15.5. The number of sulfonamides is 1. The standard InChI is InChI=1S/C32H46Br2N2O9S2/c1-16(33)31(37)44-28-18-12-21-24(13-18)46(39,40)35(26(21)28)20-9-7-17(8-10-20)11-22(34)32(38)45-29-23-14-25-30(43-23)27(29)36(47(25)41-15-42-47)19-5-3-2-4-6-19/h16-30H,2-15H2,1H3. The maximum atomic E-state index is 13.8. The largest absolute Gasteiger partial charge is 0.460 e. The Morgan fingerprint density at radius 2 is 1.53 bits per heavy atom. The van der Waals surface area contributed by atoms with Crippen LogP contribution in [-0.4, -0.2) is 104 Å². The van der Waals surface area contributed by atoms with E-state index in [0.717, 1.165) is 51.4 Å². The fourth-order valence-corrected chi connectivity index (χ4v) is 18.1. The molecule has 0 amide bonds. The van der Waals surface area contributed by atoms with Crippen molar-refractivity contribution in [3.8, 4) is 0 Å². The molecule has 264 valence electrons. The molecule has 4 saturated carbocycles. The molecule has 4 aliphatic carbocycles. The summed E-state index contributed by atoms with van der Waals surface area (Å²) in [5, 5.41) is -0.107. The van der Waals surface area contributed by atoms with Crippen molar-refractivity contribution in [1.82, 2.24) is 8.61 Å². The molecule has 9 rings (SSSR count). The van der Waals surface area contributed by atoms with Crippen LogP contribution in [0.3, 0.4) is 0 Å². The normalized spacial score (nSPS) is 48.0. The van der Waals surface area contributed by atoms with Crippen LogP contribution in [0.25, 0.3) is 0 Å². The lowest BCUT2D eigenvalue weighted by Gasteiger charge is -2.57. The fraction of sp³-hybridized carbons (Fsp3) is 0.938. The predicted molar refractivity (Wildman–Crippen MR) is 180 cm³/mol. The molecule has 0 radical (unpaired) electrons. The van der Waals surface area contributed by atoms with E-state index >= 15 is 0 Å². The van der Waals surface area contributed by atoms with E-state index in [0.29, 0.717) is 31.6 Å². The number of carbonyl (C=O) groups excluding carboxylic acids is 2. The zero-order valence-corrected chi connectivity index (χ0v) is 31.5. The summed E-state index contributed by atoms with van der Waals surface area (Å²) in [6.45, 7) is 2.08. The molecule has 12 atom stereocenters. The van der Waals surface area contributed by atoms with E-state index in [1.807, 2.05) is 0 Å². The molecule has 11 nitrogen and oxygen atoms in total. The quantitative estimate of drug-likeness (QED) is 0.249. The molecular formula is C32H46Br2N2O9S2. The molecule has 5 saturated heterocycles. The van der Waals surface area contributed by atoms with Crippen LogP contribution in [0, 0.1) is 17.8 Å². The summed E-state index contributed by atoms with van der Waals surface area (Å²) in [6, 6.07) is 0.0357. The number of hydrogen-bond donors (Lipinski definition) is 0. The SMILES string of the molecule is CC(Br)C(=O)OC1C2CC3C1N(C1CCC(CC(Br)C(=O)OC4C5CC6C(O5)C4N(C4CCCCC4)S64OCO4)CC1)S(=O)(=O)C3C2. The minimum atomic E-state index is -3.44. The van der Waals surface area contributed by atoms with Gasteiger partial charge >= 0.3 is 11.9 Å². The second kappa shape index (κ2) is 12.0. The van der Waals surface area contributed by atoms with Crippen LogP contribution in [-0.2, 0) is 42.2 Å². The van der Waals surface area contributed by atoms with Gasteiger partial charge in [0.2, 0.25) is 10.0 Å². The molecule has 5 aliphatic heterocycles. The number of alkyl halides is 2. The summed E-state index contributed by atoms with van der Waals surface area (Å²) in [6.07, 6.45) is 11.2. The molecule has 5 heterocycles. The van der Waals surface area contributed by atoms with Gasteiger partial charge in [0.05, 0.1) is 28.7 Å². The monoisotopic (exact) mass is 824 g/mol. The molecule has 0 aromatic rings. The molecule has 9 fully saturated rings. The van der Waals surface area contributed by atoms with Gasteiger partial charge in [0, 0.05) is 18.5 Å². The Morgan fingerprint density at radius 1 is 0.830 bits per heavy atom. The molecule has 0 aromatic carbocycles. The van der Waals surface area contributed by atoms with Gasteiger partial charge in [-0.2, -0.15) is 8.61 Å².